The molecule has 1 aromatic carbocycles. The van der Waals surface area contributed by atoms with Crippen LogP contribution >= 0.6 is 0 Å². The summed E-state index contributed by atoms with van der Waals surface area (Å²) in [5, 5.41) is 3.28. The highest BCUT2D eigenvalue weighted by Crippen LogP contribution is 2.24. The van der Waals surface area contributed by atoms with Crippen molar-refractivity contribution in [2.45, 2.75) is 25.9 Å². The van der Waals surface area contributed by atoms with Crippen molar-refractivity contribution in [1.82, 2.24) is 10.3 Å². The molecule has 1 amide bonds. The van der Waals surface area contributed by atoms with Crippen LogP contribution in [0, 0.1) is 0 Å². The summed E-state index contributed by atoms with van der Waals surface area (Å²) in [4.78, 5) is 18.6. The molecule has 108 valence electrons. The Morgan fingerprint density at radius 1 is 1.29 bits per heavy atom. The van der Waals surface area contributed by atoms with Crippen molar-refractivity contribution in [2.24, 2.45) is 0 Å². The average molecular weight is 281 g/mol. The number of pyridine rings is 1. The predicted octanol–water partition coefficient (Wildman–Crippen LogP) is 2.15. The van der Waals surface area contributed by atoms with Gasteiger partial charge in [-0.25, -0.2) is 0 Å². The number of fused-ring (bicyclic) bond motifs is 1. The topological polar surface area (TPSA) is 45.2 Å². The third-order valence-corrected chi connectivity index (χ3v) is 3.86. The van der Waals surface area contributed by atoms with Crippen molar-refractivity contribution in [3.05, 3.63) is 59.9 Å². The minimum Gasteiger partial charge on any atom is -0.310 e. The number of amides is 1. The molecule has 0 spiro atoms. The molecule has 1 N–H and O–H groups in total. The molecule has 1 aromatic heterocycles. The zero-order valence-corrected chi connectivity index (χ0v) is 12.1. The largest absolute Gasteiger partial charge is 0.310 e. The number of anilines is 1. The fourth-order valence-electron chi connectivity index (χ4n) is 2.64. The number of nitrogens with one attached hydrogen (secondary N) is 1. The van der Waals surface area contributed by atoms with Crippen LogP contribution in [0.3, 0.4) is 0 Å². The predicted molar refractivity (Wildman–Crippen MR) is 83.0 cm³/mol. The maximum absolute atomic E-state index is 12.6. The Bertz CT molecular complexity index is 627. The molecule has 0 radical (unpaired) electrons. The van der Waals surface area contributed by atoms with Crippen molar-refractivity contribution in [2.75, 3.05) is 11.4 Å². The second-order valence-corrected chi connectivity index (χ2v) is 5.33. The van der Waals surface area contributed by atoms with Crippen molar-refractivity contribution >= 4 is 11.6 Å². The summed E-state index contributed by atoms with van der Waals surface area (Å²) in [5.74, 6) is 0.129. The molecule has 4 heteroatoms. The van der Waals surface area contributed by atoms with Gasteiger partial charge in [-0.1, -0.05) is 24.3 Å². The van der Waals surface area contributed by atoms with Crippen LogP contribution in [0.15, 0.2) is 48.8 Å². The van der Waals surface area contributed by atoms with Gasteiger partial charge in [0.15, 0.2) is 0 Å². The summed E-state index contributed by atoms with van der Waals surface area (Å²) in [6.45, 7) is 3.32. The smallest absolute Gasteiger partial charge is 0.243 e. The van der Waals surface area contributed by atoms with E-state index in [0.29, 0.717) is 6.54 Å². The van der Waals surface area contributed by atoms with E-state index in [2.05, 4.69) is 16.4 Å². The van der Waals surface area contributed by atoms with Gasteiger partial charge in [0.05, 0.1) is 6.04 Å². The number of hydrogen-bond donors (Lipinski definition) is 1. The van der Waals surface area contributed by atoms with Crippen LogP contribution in [-0.2, 0) is 17.8 Å². The molecule has 2 heterocycles. The molecule has 0 saturated heterocycles. The molecule has 4 nitrogen and oxygen atoms in total. The normalized spacial score (nSPS) is 18.2. The Hall–Kier alpha value is -2.20. The van der Waals surface area contributed by atoms with Gasteiger partial charge in [0.1, 0.15) is 0 Å². The second-order valence-electron chi connectivity index (χ2n) is 5.33. The molecule has 21 heavy (non-hydrogen) atoms. The Labute approximate surface area is 124 Å². The molecule has 0 bridgehead atoms. The SMILES string of the molecule is CC1NCc2ccccc2N(CCc2cccnc2)C1=O. The number of carbonyl (C=O) groups is 1. The van der Waals surface area contributed by atoms with Gasteiger partial charge in [-0.05, 0) is 36.6 Å². The lowest BCUT2D eigenvalue weighted by Crippen LogP contribution is -2.43. The first-order valence-electron chi connectivity index (χ1n) is 7.27. The van der Waals surface area contributed by atoms with E-state index < -0.39 is 0 Å². The third-order valence-electron chi connectivity index (χ3n) is 3.86. The van der Waals surface area contributed by atoms with Gasteiger partial charge < -0.3 is 10.2 Å². The first-order valence-corrected chi connectivity index (χ1v) is 7.27. The second kappa shape index (κ2) is 6.06. The summed E-state index contributed by atoms with van der Waals surface area (Å²) < 4.78 is 0. The summed E-state index contributed by atoms with van der Waals surface area (Å²) in [6.07, 6.45) is 4.43. The first-order chi connectivity index (χ1) is 10.3. The van der Waals surface area contributed by atoms with E-state index in [0.717, 1.165) is 24.2 Å². The van der Waals surface area contributed by atoms with Crippen LogP contribution in [0.1, 0.15) is 18.1 Å². The van der Waals surface area contributed by atoms with Crippen LogP contribution in [0.2, 0.25) is 0 Å². The summed E-state index contributed by atoms with van der Waals surface area (Å²) in [7, 11) is 0. The Morgan fingerprint density at radius 2 is 2.14 bits per heavy atom. The van der Waals surface area contributed by atoms with Crippen LogP contribution < -0.4 is 10.2 Å². The maximum Gasteiger partial charge on any atom is 0.243 e. The van der Waals surface area contributed by atoms with Crippen molar-refractivity contribution < 1.29 is 4.79 Å². The van der Waals surface area contributed by atoms with Gasteiger partial charge in [0.2, 0.25) is 5.91 Å². The van der Waals surface area contributed by atoms with E-state index in [1.165, 1.54) is 5.56 Å². The third kappa shape index (κ3) is 2.95. The molecule has 1 unspecified atom stereocenters. The van der Waals surface area contributed by atoms with Gasteiger partial charge in [-0.2, -0.15) is 0 Å². The van der Waals surface area contributed by atoms with E-state index in [4.69, 9.17) is 0 Å². The van der Waals surface area contributed by atoms with Gasteiger partial charge in [0, 0.05) is 31.2 Å². The van der Waals surface area contributed by atoms with Crippen LogP contribution in [0.5, 0.6) is 0 Å². The van der Waals surface area contributed by atoms with E-state index >= 15 is 0 Å². The molecule has 1 aliphatic heterocycles. The van der Waals surface area contributed by atoms with Crippen molar-refractivity contribution in [1.29, 1.82) is 0 Å². The van der Waals surface area contributed by atoms with Gasteiger partial charge >= 0.3 is 0 Å². The zero-order valence-electron chi connectivity index (χ0n) is 12.1. The standard InChI is InChI=1S/C17H19N3O/c1-13-17(21)20(10-8-14-5-4-9-18-11-14)16-7-3-2-6-15(16)12-19-13/h2-7,9,11,13,19H,8,10,12H2,1H3. The van der Waals surface area contributed by atoms with Gasteiger partial charge in [0.25, 0.3) is 0 Å². The number of aromatic nitrogens is 1. The van der Waals surface area contributed by atoms with E-state index in [1.54, 1.807) is 6.20 Å². The van der Waals surface area contributed by atoms with Crippen molar-refractivity contribution in [3.8, 4) is 0 Å². The molecule has 0 fully saturated rings. The minimum absolute atomic E-state index is 0.129. The van der Waals surface area contributed by atoms with Crippen LogP contribution in [0.4, 0.5) is 5.69 Å². The molecule has 2 aromatic rings. The number of nitrogens with zero attached hydrogens (tertiary/aromatic N) is 2. The highest BCUT2D eigenvalue weighted by molar-refractivity contribution is 5.98. The summed E-state index contributed by atoms with van der Waals surface area (Å²) in [5.41, 5.74) is 3.33. The number of para-hydroxylation sites is 1. The van der Waals surface area contributed by atoms with E-state index in [1.807, 2.05) is 48.4 Å². The Balaban J connectivity index is 1.85. The van der Waals surface area contributed by atoms with Gasteiger partial charge in [-0.15, -0.1) is 0 Å². The van der Waals surface area contributed by atoms with E-state index in [9.17, 15) is 4.79 Å². The number of hydrogen-bond acceptors (Lipinski definition) is 3. The number of carbonyl (C=O) groups excluding carboxylic acids is 1. The Morgan fingerprint density at radius 3 is 2.95 bits per heavy atom. The molecule has 3 rings (SSSR count). The summed E-state index contributed by atoms with van der Waals surface area (Å²) >= 11 is 0. The molecular weight excluding hydrogens is 262 g/mol. The fourth-order valence-corrected chi connectivity index (χ4v) is 2.64. The molecule has 0 saturated carbocycles. The van der Waals surface area contributed by atoms with Gasteiger partial charge in [-0.3, -0.25) is 9.78 Å². The lowest BCUT2D eigenvalue weighted by molar-refractivity contribution is -0.120. The Kier molecular flexibility index (Phi) is 3.97. The average Bonchev–Trinajstić information content (AvgIpc) is 2.65. The monoisotopic (exact) mass is 281 g/mol. The highest BCUT2D eigenvalue weighted by Gasteiger charge is 2.26. The lowest BCUT2D eigenvalue weighted by atomic mass is 10.1. The summed E-state index contributed by atoms with van der Waals surface area (Å²) in [6, 6.07) is 11.9. The zero-order chi connectivity index (χ0) is 14.7. The van der Waals surface area contributed by atoms with E-state index in [-0.39, 0.29) is 11.9 Å². The molecule has 0 aliphatic carbocycles. The molecular formula is C17H19N3O. The highest BCUT2D eigenvalue weighted by atomic mass is 16.2. The minimum atomic E-state index is -0.161. The van der Waals surface area contributed by atoms with Crippen molar-refractivity contribution in [3.63, 3.8) is 0 Å². The number of rotatable bonds is 3. The number of benzene rings is 1. The quantitative estimate of drug-likeness (QED) is 0.937. The van der Waals surface area contributed by atoms with Crippen LogP contribution in [0.25, 0.3) is 0 Å². The molecule has 1 aliphatic rings. The maximum atomic E-state index is 12.6. The fraction of sp³-hybridized carbons (Fsp3) is 0.294. The van der Waals surface area contributed by atoms with Crippen LogP contribution in [-0.4, -0.2) is 23.5 Å². The lowest BCUT2D eigenvalue weighted by Gasteiger charge is -2.24. The molecule has 1 atom stereocenters. The first kappa shape index (κ1) is 13.8.